The van der Waals surface area contributed by atoms with Crippen LogP contribution in [0, 0.1) is 5.92 Å². The molecule has 2 amide bonds. The molecule has 5 rings (SSSR count). The number of nitrogens with zero attached hydrogens (tertiary/aromatic N) is 3. The van der Waals surface area contributed by atoms with Gasteiger partial charge in [0.05, 0.1) is 5.52 Å². The van der Waals surface area contributed by atoms with Crippen molar-refractivity contribution < 1.29 is 18.0 Å². The minimum atomic E-state index is -3.86. The van der Waals surface area contributed by atoms with Crippen LogP contribution >= 0.6 is 0 Å². The van der Waals surface area contributed by atoms with E-state index in [2.05, 4.69) is 9.71 Å². The lowest BCUT2D eigenvalue weighted by Crippen LogP contribution is -2.51. The molecule has 2 fully saturated rings. The van der Waals surface area contributed by atoms with E-state index in [0.717, 1.165) is 18.2 Å². The Hall–Kier alpha value is -3.46. The second kappa shape index (κ2) is 8.47. The number of benzene rings is 2. The van der Waals surface area contributed by atoms with E-state index in [1.54, 1.807) is 47.5 Å². The van der Waals surface area contributed by atoms with Gasteiger partial charge in [0, 0.05) is 54.9 Å². The van der Waals surface area contributed by atoms with Crippen molar-refractivity contribution in [1.29, 1.82) is 0 Å². The highest BCUT2D eigenvalue weighted by Gasteiger charge is 2.35. The number of piperazine rings is 1. The van der Waals surface area contributed by atoms with Gasteiger partial charge in [-0.3, -0.25) is 19.3 Å². The molecule has 2 heterocycles. The smallest absolute Gasteiger partial charge is 0.264 e. The number of carbonyl (C=O) groups excluding carboxylic acids is 2. The lowest BCUT2D eigenvalue weighted by atomic mass is 10.1. The maximum atomic E-state index is 13.0. The van der Waals surface area contributed by atoms with Crippen molar-refractivity contribution in [2.24, 2.45) is 5.92 Å². The van der Waals surface area contributed by atoms with Gasteiger partial charge in [0.15, 0.2) is 0 Å². The number of fused-ring (bicyclic) bond motifs is 1. The predicted octanol–water partition coefficient (Wildman–Crippen LogP) is 2.73. The first kappa shape index (κ1) is 21.4. The Labute approximate surface area is 192 Å². The number of anilines is 1. The van der Waals surface area contributed by atoms with E-state index in [4.69, 9.17) is 0 Å². The molecule has 2 aliphatic rings. The SMILES string of the molecule is O=C(c1ccc(NS(=O)(=O)c2cccc3cccnc23)cc1)N1CCN(C(=O)C2CC2)CC1. The summed E-state index contributed by atoms with van der Waals surface area (Å²) in [5, 5.41) is 0.736. The molecular weight excluding hydrogens is 440 g/mol. The van der Waals surface area contributed by atoms with E-state index in [9.17, 15) is 18.0 Å². The molecule has 1 aromatic heterocycles. The Kier molecular flexibility index (Phi) is 5.49. The first-order valence-corrected chi connectivity index (χ1v) is 12.5. The van der Waals surface area contributed by atoms with Gasteiger partial charge in [-0.2, -0.15) is 0 Å². The number of hydrogen-bond donors (Lipinski definition) is 1. The van der Waals surface area contributed by atoms with Gasteiger partial charge in [-0.05, 0) is 49.2 Å². The molecule has 1 aliphatic heterocycles. The van der Waals surface area contributed by atoms with Crippen molar-refractivity contribution in [1.82, 2.24) is 14.8 Å². The molecule has 9 heteroatoms. The van der Waals surface area contributed by atoms with Gasteiger partial charge in [-0.25, -0.2) is 8.42 Å². The van der Waals surface area contributed by atoms with E-state index in [1.807, 2.05) is 17.0 Å². The van der Waals surface area contributed by atoms with E-state index >= 15 is 0 Å². The fourth-order valence-corrected chi connectivity index (χ4v) is 5.32. The third kappa shape index (κ3) is 4.41. The zero-order valence-electron chi connectivity index (χ0n) is 18.0. The van der Waals surface area contributed by atoms with Crippen LogP contribution in [0.15, 0.2) is 65.7 Å². The summed E-state index contributed by atoms with van der Waals surface area (Å²) in [7, 11) is -3.86. The van der Waals surface area contributed by atoms with Gasteiger partial charge >= 0.3 is 0 Å². The average molecular weight is 465 g/mol. The first-order valence-electron chi connectivity index (χ1n) is 11.0. The van der Waals surface area contributed by atoms with Crippen LogP contribution in [0.3, 0.4) is 0 Å². The highest BCUT2D eigenvalue weighted by molar-refractivity contribution is 7.93. The largest absolute Gasteiger partial charge is 0.339 e. The molecule has 2 aromatic carbocycles. The number of hydrogen-bond acceptors (Lipinski definition) is 5. The number of sulfonamides is 1. The van der Waals surface area contributed by atoms with Crippen molar-refractivity contribution in [2.45, 2.75) is 17.7 Å². The van der Waals surface area contributed by atoms with Gasteiger partial charge in [0.25, 0.3) is 15.9 Å². The van der Waals surface area contributed by atoms with Crippen molar-refractivity contribution >= 4 is 38.4 Å². The number of para-hydroxylation sites is 1. The van der Waals surface area contributed by atoms with Crippen LogP contribution in [0.25, 0.3) is 10.9 Å². The average Bonchev–Trinajstić information content (AvgIpc) is 3.69. The molecule has 8 nitrogen and oxygen atoms in total. The molecule has 0 radical (unpaired) electrons. The third-order valence-electron chi connectivity index (χ3n) is 6.07. The topological polar surface area (TPSA) is 99.7 Å². The minimum Gasteiger partial charge on any atom is -0.339 e. The van der Waals surface area contributed by atoms with Crippen LogP contribution in [-0.4, -0.2) is 61.2 Å². The summed E-state index contributed by atoms with van der Waals surface area (Å²) in [6.07, 6.45) is 3.51. The zero-order valence-corrected chi connectivity index (χ0v) is 18.8. The maximum absolute atomic E-state index is 13.0. The molecule has 33 heavy (non-hydrogen) atoms. The van der Waals surface area contributed by atoms with Crippen LogP contribution in [0.4, 0.5) is 5.69 Å². The fraction of sp³-hybridized carbons (Fsp3) is 0.292. The Morgan fingerprint density at radius 3 is 2.24 bits per heavy atom. The van der Waals surface area contributed by atoms with Gasteiger partial charge in [0.1, 0.15) is 4.90 Å². The van der Waals surface area contributed by atoms with Crippen LogP contribution in [0.2, 0.25) is 0 Å². The molecule has 1 aliphatic carbocycles. The first-order chi connectivity index (χ1) is 15.9. The van der Waals surface area contributed by atoms with Gasteiger partial charge in [-0.1, -0.05) is 18.2 Å². The molecule has 0 atom stereocenters. The van der Waals surface area contributed by atoms with E-state index in [0.29, 0.717) is 42.9 Å². The summed E-state index contributed by atoms with van der Waals surface area (Å²) in [5.41, 5.74) is 1.24. The van der Waals surface area contributed by atoms with Crippen LogP contribution < -0.4 is 4.72 Å². The summed E-state index contributed by atoms with van der Waals surface area (Å²) < 4.78 is 28.5. The third-order valence-corrected chi connectivity index (χ3v) is 7.49. The number of amides is 2. The lowest BCUT2D eigenvalue weighted by molar-refractivity contribution is -0.134. The van der Waals surface area contributed by atoms with Gasteiger partial charge in [-0.15, -0.1) is 0 Å². The van der Waals surface area contributed by atoms with Crippen molar-refractivity contribution in [3.8, 4) is 0 Å². The van der Waals surface area contributed by atoms with Crippen LogP contribution in [0.5, 0.6) is 0 Å². The van der Waals surface area contributed by atoms with Crippen molar-refractivity contribution in [3.05, 3.63) is 66.4 Å². The number of nitrogens with one attached hydrogen (secondary N) is 1. The van der Waals surface area contributed by atoms with Gasteiger partial charge < -0.3 is 9.80 Å². The van der Waals surface area contributed by atoms with E-state index in [-0.39, 0.29) is 22.6 Å². The number of aromatic nitrogens is 1. The summed E-state index contributed by atoms with van der Waals surface area (Å²) >= 11 is 0. The molecule has 0 unspecified atom stereocenters. The summed E-state index contributed by atoms with van der Waals surface area (Å²) in [5.74, 6) is 0.273. The van der Waals surface area contributed by atoms with E-state index < -0.39 is 10.0 Å². The Morgan fingerprint density at radius 1 is 0.879 bits per heavy atom. The van der Waals surface area contributed by atoms with Gasteiger partial charge in [0.2, 0.25) is 5.91 Å². The highest BCUT2D eigenvalue weighted by Crippen LogP contribution is 2.31. The van der Waals surface area contributed by atoms with Crippen molar-refractivity contribution in [2.75, 3.05) is 30.9 Å². The number of carbonyl (C=O) groups is 2. The molecule has 3 aromatic rings. The molecule has 0 bridgehead atoms. The minimum absolute atomic E-state index is 0.0966. The molecule has 1 N–H and O–H groups in total. The molecule has 0 spiro atoms. The standard InChI is InChI=1S/C24H24N4O4S/c29-23(18-6-7-18)27-13-15-28(16-14-27)24(30)19-8-10-20(11-9-19)26-33(31,32)21-5-1-3-17-4-2-12-25-22(17)21/h1-5,8-12,18,26H,6-7,13-16H2. The molecule has 170 valence electrons. The maximum Gasteiger partial charge on any atom is 0.264 e. The fourth-order valence-electron chi connectivity index (χ4n) is 4.09. The highest BCUT2D eigenvalue weighted by atomic mass is 32.2. The zero-order chi connectivity index (χ0) is 23.0. The molecular formula is C24H24N4O4S. The summed E-state index contributed by atoms with van der Waals surface area (Å²) in [6, 6.07) is 15.0. The Morgan fingerprint density at radius 2 is 1.55 bits per heavy atom. The summed E-state index contributed by atoms with van der Waals surface area (Å²) in [4.78, 5) is 33.0. The monoisotopic (exact) mass is 464 g/mol. The normalized spacial score (nSPS) is 16.6. The predicted molar refractivity (Wildman–Crippen MR) is 124 cm³/mol. The summed E-state index contributed by atoms with van der Waals surface area (Å²) in [6.45, 7) is 2.11. The van der Waals surface area contributed by atoms with Crippen LogP contribution in [-0.2, 0) is 14.8 Å². The quantitative estimate of drug-likeness (QED) is 0.626. The number of rotatable bonds is 5. The Bertz CT molecular complexity index is 1310. The van der Waals surface area contributed by atoms with E-state index in [1.165, 1.54) is 6.07 Å². The Balaban J connectivity index is 1.26. The van der Waals surface area contributed by atoms with Crippen molar-refractivity contribution in [3.63, 3.8) is 0 Å². The second-order valence-electron chi connectivity index (χ2n) is 8.41. The molecule has 1 saturated carbocycles. The second-order valence-corrected chi connectivity index (χ2v) is 10.1. The van der Waals surface area contributed by atoms with Crippen LogP contribution in [0.1, 0.15) is 23.2 Å². The lowest BCUT2D eigenvalue weighted by Gasteiger charge is -2.35. The molecule has 1 saturated heterocycles. The number of pyridine rings is 1.